The van der Waals surface area contributed by atoms with Gasteiger partial charge in [0, 0.05) is 12.0 Å². The van der Waals surface area contributed by atoms with E-state index in [0.717, 1.165) is 6.42 Å². The molecule has 0 aromatic carbocycles. The van der Waals surface area contributed by atoms with Gasteiger partial charge in [-0.1, -0.05) is 6.58 Å². The standard InChI is InChI=1S/C9H17NO/c1-7(2)8(11)5-6-9(3,4)10/h1,5-6,10H2,2-4H3. The molecular formula is C9H17NO. The first-order valence-electron chi connectivity index (χ1n) is 3.80. The predicted molar refractivity (Wildman–Crippen MR) is 47.3 cm³/mol. The van der Waals surface area contributed by atoms with Gasteiger partial charge < -0.3 is 5.73 Å². The quantitative estimate of drug-likeness (QED) is 0.627. The van der Waals surface area contributed by atoms with Gasteiger partial charge in [-0.05, 0) is 32.8 Å². The summed E-state index contributed by atoms with van der Waals surface area (Å²) in [4.78, 5) is 11.0. The van der Waals surface area contributed by atoms with E-state index < -0.39 is 0 Å². The van der Waals surface area contributed by atoms with E-state index >= 15 is 0 Å². The number of ketones is 1. The molecule has 2 heteroatoms. The highest BCUT2D eigenvalue weighted by atomic mass is 16.1. The smallest absolute Gasteiger partial charge is 0.158 e. The summed E-state index contributed by atoms with van der Waals surface area (Å²) < 4.78 is 0. The number of carbonyl (C=O) groups is 1. The molecule has 0 aliphatic rings. The normalized spacial score (nSPS) is 11.3. The van der Waals surface area contributed by atoms with Gasteiger partial charge in [0.05, 0.1) is 0 Å². The van der Waals surface area contributed by atoms with Crippen LogP contribution in [0.2, 0.25) is 0 Å². The molecule has 0 aliphatic heterocycles. The number of rotatable bonds is 4. The summed E-state index contributed by atoms with van der Waals surface area (Å²) >= 11 is 0. The van der Waals surface area contributed by atoms with Crippen molar-refractivity contribution in [1.82, 2.24) is 0 Å². The van der Waals surface area contributed by atoms with Gasteiger partial charge >= 0.3 is 0 Å². The van der Waals surface area contributed by atoms with E-state index in [1.54, 1.807) is 6.92 Å². The topological polar surface area (TPSA) is 43.1 Å². The number of carbonyl (C=O) groups excluding carboxylic acids is 1. The minimum absolute atomic E-state index is 0.114. The van der Waals surface area contributed by atoms with Crippen molar-refractivity contribution in [3.63, 3.8) is 0 Å². The highest BCUT2D eigenvalue weighted by Crippen LogP contribution is 2.09. The molecule has 0 fully saturated rings. The Balaban J connectivity index is 3.73. The molecule has 0 rings (SSSR count). The summed E-state index contributed by atoms with van der Waals surface area (Å²) in [6, 6.07) is 0. The molecule has 11 heavy (non-hydrogen) atoms. The minimum Gasteiger partial charge on any atom is -0.326 e. The Kier molecular flexibility index (Phi) is 3.46. The number of nitrogens with two attached hydrogens (primary N) is 1. The molecule has 0 unspecified atom stereocenters. The minimum atomic E-state index is -0.245. The molecule has 0 spiro atoms. The summed E-state index contributed by atoms with van der Waals surface area (Å²) in [5, 5.41) is 0. The number of allylic oxidation sites excluding steroid dienone is 1. The van der Waals surface area contributed by atoms with Gasteiger partial charge in [0.25, 0.3) is 0 Å². The SMILES string of the molecule is C=C(C)C(=O)CCC(C)(C)N. The van der Waals surface area contributed by atoms with Crippen LogP contribution in [0.25, 0.3) is 0 Å². The van der Waals surface area contributed by atoms with Crippen molar-refractivity contribution in [1.29, 1.82) is 0 Å². The van der Waals surface area contributed by atoms with Gasteiger partial charge in [-0.15, -0.1) is 0 Å². The molecule has 0 atom stereocenters. The molecule has 0 saturated carbocycles. The average molecular weight is 155 g/mol. The Hall–Kier alpha value is -0.630. The van der Waals surface area contributed by atoms with E-state index in [9.17, 15) is 4.79 Å². The Morgan fingerprint density at radius 1 is 1.55 bits per heavy atom. The van der Waals surface area contributed by atoms with Crippen molar-refractivity contribution in [3.8, 4) is 0 Å². The van der Waals surface area contributed by atoms with Crippen LogP contribution in [-0.2, 0) is 4.79 Å². The van der Waals surface area contributed by atoms with Gasteiger partial charge in [-0.3, -0.25) is 4.79 Å². The third kappa shape index (κ3) is 5.80. The fraction of sp³-hybridized carbons (Fsp3) is 0.667. The van der Waals surface area contributed by atoms with Gasteiger partial charge in [-0.25, -0.2) is 0 Å². The second-order valence-corrected chi connectivity index (χ2v) is 3.69. The molecule has 0 saturated heterocycles. The first kappa shape index (κ1) is 10.4. The fourth-order valence-corrected chi connectivity index (χ4v) is 0.649. The molecule has 0 amide bonds. The van der Waals surface area contributed by atoms with Crippen molar-refractivity contribution >= 4 is 5.78 Å². The van der Waals surface area contributed by atoms with Crippen molar-refractivity contribution in [3.05, 3.63) is 12.2 Å². The first-order valence-corrected chi connectivity index (χ1v) is 3.80. The zero-order chi connectivity index (χ0) is 9.07. The lowest BCUT2D eigenvalue weighted by atomic mass is 9.97. The molecule has 2 N–H and O–H groups in total. The largest absolute Gasteiger partial charge is 0.326 e. The summed E-state index contributed by atoms with van der Waals surface area (Å²) in [7, 11) is 0. The van der Waals surface area contributed by atoms with Crippen molar-refractivity contribution in [2.24, 2.45) is 5.73 Å². The lowest BCUT2D eigenvalue weighted by molar-refractivity contribution is -0.115. The number of Topliss-reactive ketones (excluding diaryl/α,β-unsaturated/α-hetero) is 1. The second-order valence-electron chi connectivity index (χ2n) is 3.69. The van der Waals surface area contributed by atoms with Crippen LogP contribution in [0.15, 0.2) is 12.2 Å². The Labute approximate surface area is 68.5 Å². The molecule has 0 aliphatic carbocycles. The van der Waals surface area contributed by atoms with Crippen molar-refractivity contribution < 1.29 is 4.79 Å². The monoisotopic (exact) mass is 155 g/mol. The lowest BCUT2D eigenvalue weighted by Gasteiger charge is -2.17. The van der Waals surface area contributed by atoms with Gasteiger partial charge in [0.15, 0.2) is 5.78 Å². The van der Waals surface area contributed by atoms with Crippen LogP contribution in [0.4, 0.5) is 0 Å². The zero-order valence-corrected chi connectivity index (χ0v) is 7.61. The van der Waals surface area contributed by atoms with Crippen molar-refractivity contribution in [2.75, 3.05) is 0 Å². The van der Waals surface area contributed by atoms with E-state index in [1.807, 2.05) is 13.8 Å². The molecule has 64 valence electrons. The van der Waals surface area contributed by atoms with Crippen LogP contribution < -0.4 is 5.73 Å². The van der Waals surface area contributed by atoms with E-state index in [1.165, 1.54) is 0 Å². The predicted octanol–water partition coefficient (Wildman–Crippen LogP) is 1.65. The van der Waals surface area contributed by atoms with E-state index in [-0.39, 0.29) is 11.3 Å². The van der Waals surface area contributed by atoms with Crippen LogP contribution >= 0.6 is 0 Å². The number of hydrogen-bond acceptors (Lipinski definition) is 2. The van der Waals surface area contributed by atoms with E-state index in [2.05, 4.69) is 6.58 Å². The van der Waals surface area contributed by atoms with Crippen LogP contribution in [-0.4, -0.2) is 11.3 Å². The van der Waals surface area contributed by atoms with Crippen LogP contribution in [0, 0.1) is 0 Å². The Morgan fingerprint density at radius 2 is 2.00 bits per heavy atom. The Bertz CT molecular complexity index is 165. The summed E-state index contributed by atoms with van der Waals surface area (Å²) in [5.74, 6) is 0.114. The summed E-state index contributed by atoms with van der Waals surface area (Å²) in [6.07, 6.45) is 1.23. The second kappa shape index (κ2) is 3.67. The zero-order valence-electron chi connectivity index (χ0n) is 7.61. The molecular weight excluding hydrogens is 138 g/mol. The van der Waals surface area contributed by atoms with E-state index in [0.29, 0.717) is 12.0 Å². The molecule has 0 bridgehead atoms. The molecule has 0 radical (unpaired) electrons. The fourth-order valence-electron chi connectivity index (χ4n) is 0.649. The van der Waals surface area contributed by atoms with Gasteiger partial charge in [0.1, 0.15) is 0 Å². The third-order valence-corrected chi connectivity index (χ3v) is 1.47. The number of hydrogen-bond donors (Lipinski definition) is 1. The molecule has 2 nitrogen and oxygen atoms in total. The van der Waals surface area contributed by atoms with Crippen LogP contribution in [0.3, 0.4) is 0 Å². The summed E-state index contributed by atoms with van der Waals surface area (Å²) in [5.41, 5.74) is 6.08. The maximum Gasteiger partial charge on any atom is 0.158 e. The highest BCUT2D eigenvalue weighted by Gasteiger charge is 2.12. The Morgan fingerprint density at radius 3 is 2.27 bits per heavy atom. The molecule has 0 aromatic heterocycles. The lowest BCUT2D eigenvalue weighted by Crippen LogP contribution is -2.32. The average Bonchev–Trinajstić information content (AvgIpc) is 1.80. The van der Waals surface area contributed by atoms with Crippen LogP contribution in [0.5, 0.6) is 0 Å². The van der Waals surface area contributed by atoms with Crippen LogP contribution in [0.1, 0.15) is 33.6 Å². The van der Waals surface area contributed by atoms with Gasteiger partial charge in [-0.2, -0.15) is 0 Å². The first-order chi connectivity index (χ1) is 4.83. The molecule has 0 aromatic rings. The van der Waals surface area contributed by atoms with Crippen molar-refractivity contribution in [2.45, 2.75) is 39.2 Å². The maximum atomic E-state index is 11.0. The molecule has 0 heterocycles. The third-order valence-electron chi connectivity index (χ3n) is 1.47. The van der Waals surface area contributed by atoms with E-state index in [4.69, 9.17) is 5.73 Å². The van der Waals surface area contributed by atoms with Gasteiger partial charge in [0.2, 0.25) is 0 Å². The maximum absolute atomic E-state index is 11.0. The highest BCUT2D eigenvalue weighted by molar-refractivity contribution is 5.94. The summed E-state index contributed by atoms with van der Waals surface area (Å²) in [6.45, 7) is 9.12.